The van der Waals surface area contributed by atoms with Crippen molar-refractivity contribution in [2.24, 2.45) is 5.92 Å². The van der Waals surface area contributed by atoms with Gasteiger partial charge >= 0.3 is 0 Å². The van der Waals surface area contributed by atoms with Crippen LogP contribution in [0.15, 0.2) is 0 Å². The summed E-state index contributed by atoms with van der Waals surface area (Å²) >= 11 is 0. The molecule has 17 heavy (non-hydrogen) atoms. The van der Waals surface area contributed by atoms with Crippen LogP contribution in [0.2, 0.25) is 18.1 Å². The van der Waals surface area contributed by atoms with Crippen LogP contribution in [-0.2, 0) is 9.22 Å². The van der Waals surface area contributed by atoms with Gasteiger partial charge in [-0.05, 0) is 24.6 Å². The van der Waals surface area contributed by atoms with E-state index >= 15 is 0 Å². The Hall–Kier alpha value is -0.153. The fourth-order valence-electron chi connectivity index (χ4n) is 1.38. The number of unbranched alkanes of at least 4 members (excludes halogenated alkanes) is 2. The van der Waals surface area contributed by atoms with E-state index in [-0.39, 0.29) is 11.0 Å². The minimum absolute atomic E-state index is 0.0932. The lowest BCUT2D eigenvalue weighted by Gasteiger charge is -2.36. The zero-order chi connectivity index (χ0) is 13.5. The van der Waals surface area contributed by atoms with Crippen molar-refractivity contribution in [1.29, 1.82) is 0 Å². The van der Waals surface area contributed by atoms with Gasteiger partial charge in [-0.25, -0.2) is 0 Å². The Bertz CT molecular complexity index is 219. The van der Waals surface area contributed by atoms with Gasteiger partial charge in [0, 0.05) is 12.5 Å². The topological polar surface area (TPSA) is 26.3 Å². The van der Waals surface area contributed by atoms with E-state index in [0.717, 1.165) is 19.1 Å². The molecule has 0 aromatic carbocycles. The normalized spacial score (nSPS) is 14.7. The summed E-state index contributed by atoms with van der Waals surface area (Å²) in [6.45, 7) is 14.0. The molecule has 0 aromatic heterocycles. The summed E-state index contributed by atoms with van der Waals surface area (Å²) in [5.74, 6) is 0.0932. The van der Waals surface area contributed by atoms with Crippen LogP contribution in [0.3, 0.4) is 0 Å². The molecular formula is C14H30O2Si. The van der Waals surface area contributed by atoms with E-state index in [9.17, 15) is 4.79 Å². The fourth-order valence-corrected chi connectivity index (χ4v) is 2.44. The lowest BCUT2D eigenvalue weighted by Crippen LogP contribution is -2.42. The first kappa shape index (κ1) is 16.8. The van der Waals surface area contributed by atoms with Crippen LogP contribution in [0.1, 0.15) is 53.4 Å². The average molecular weight is 258 g/mol. The molecule has 0 heterocycles. The number of carbonyl (C=O) groups is 1. The maximum Gasteiger partial charge on any atom is 0.192 e. The molecule has 0 radical (unpaired) electrons. The van der Waals surface area contributed by atoms with Gasteiger partial charge in [0.25, 0.3) is 0 Å². The molecule has 0 aromatic rings. The van der Waals surface area contributed by atoms with E-state index in [1.807, 2.05) is 0 Å². The van der Waals surface area contributed by atoms with Crippen molar-refractivity contribution in [1.82, 2.24) is 0 Å². The highest BCUT2D eigenvalue weighted by atomic mass is 28.4. The fraction of sp³-hybridized carbons (Fsp3) is 0.929. The average Bonchev–Trinajstić information content (AvgIpc) is 2.21. The highest BCUT2D eigenvalue weighted by molar-refractivity contribution is 6.74. The second kappa shape index (κ2) is 7.32. The van der Waals surface area contributed by atoms with Crippen LogP contribution in [0.5, 0.6) is 0 Å². The van der Waals surface area contributed by atoms with Crippen LogP contribution in [0.25, 0.3) is 0 Å². The summed E-state index contributed by atoms with van der Waals surface area (Å²) < 4.78 is 6.09. The van der Waals surface area contributed by atoms with Gasteiger partial charge in [-0.15, -0.1) is 0 Å². The molecule has 1 atom stereocenters. The smallest absolute Gasteiger partial charge is 0.192 e. The zero-order valence-electron chi connectivity index (χ0n) is 12.5. The summed E-state index contributed by atoms with van der Waals surface area (Å²) in [5, 5.41) is 0.226. The van der Waals surface area contributed by atoms with Gasteiger partial charge in [-0.2, -0.15) is 0 Å². The Labute approximate surface area is 108 Å². The lowest BCUT2D eigenvalue weighted by atomic mass is 10.0. The molecule has 0 spiro atoms. The van der Waals surface area contributed by atoms with Gasteiger partial charge in [0.15, 0.2) is 8.32 Å². The van der Waals surface area contributed by atoms with Gasteiger partial charge in [-0.3, -0.25) is 0 Å². The van der Waals surface area contributed by atoms with Crippen molar-refractivity contribution in [3.63, 3.8) is 0 Å². The molecule has 0 fully saturated rings. The Morgan fingerprint density at radius 3 is 2.24 bits per heavy atom. The molecule has 3 heteroatoms. The van der Waals surface area contributed by atoms with Gasteiger partial charge in [0.1, 0.15) is 6.29 Å². The molecular weight excluding hydrogens is 228 g/mol. The van der Waals surface area contributed by atoms with Gasteiger partial charge < -0.3 is 9.22 Å². The molecule has 2 nitrogen and oxygen atoms in total. The van der Waals surface area contributed by atoms with Gasteiger partial charge in [-0.1, -0.05) is 47.0 Å². The van der Waals surface area contributed by atoms with Crippen molar-refractivity contribution in [2.45, 2.75) is 71.5 Å². The third-order valence-corrected chi connectivity index (χ3v) is 8.34. The zero-order valence-corrected chi connectivity index (χ0v) is 13.5. The molecule has 0 aliphatic heterocycles. The van der Waals surface area contributed by atoms with Crippen LogP contribution in [0.4, 0.5) is 0 Å². The molecule has 0 saturated carbocycles. The standard InChI is InChI=1S/C14H30O2Si/c1-7-8-9-10-13(11-15)12-16-17(5,6)14(2,3)4/h11,13H,7-10,12H2,1-6H3. The number of hydrogen-bond acceptors (Lipinski definition) is 2. The van der Waals surface area contributed by atoms with Crippen molar-refractivity contribution in [3.8, 4) is 0 Å². The minimum atomic E-state index is -1.69. The molecule has 1 unspecified atom stereocenters. The second-order valence-electron chi connectivity index (χ2n) is 6.46. The van der Waals surface area contributed by atoms with E-state index in [0.29, 0.717) is 6.61 Å². The third-order valence-electron chi connectivity index (χ3n) is 3.84. The summed E-state index contributed by atoms with van der Waals surface area (Å²) in [4.78, 5) is 11.0. The van der Waals surface area contributed by atoms with E-state index < -0.39 is 8.32 Å². The summed E-state index contributed by atoms with van der Waals surface area (Å²) in [7, 11) is -1.69. The van der Waals surface area contributed by atoms with Gasteiger partial charge in [0.2, 0.25) is 0 Å². The molecule has 0 aliphatic carbocycles. The molecule has 0 saturated heterocycles. The first-order chi connectivity index (χ1) is 7.74. The number of aldehydes is 1. The monoisotopic (exact) mass is 258 g/mol. The third kappa shape index (κ3) is 6.37. The lowest BCUT2D eigenvalue weighted by molar-refractivity contribution is -0.112. The van der Waals surface area contributed by atoms with Gasteiger partial charge in [0.05, 0.1) is 0 Å². The maximum absolute atomic E-state index is 11.0. The molecule has 0 N–H and O–H groups in total. The molecule has 0 rings (SSSR count). The Morgan fingerprint density at radius 2 is 1.82 bits per heavy atom. The van der Waals surface area contributed by atoms with E-state index in [4.69, 9.17) is 4.43 Å². The summed E-state index contributed by atoms with van der Waals surface area (Å²) in [5.41, 5.74) is 0. The SMILES string of the molecule is CCCCCC(C=O)CO[Si](C)(C)C(C)(C)C. The molecule has 0 amide bonds. The molecule has 0 aliphatic rings. The second-order valence-corrected chi connectivity index (χ2v) is 11.3. The van der Waals surface area contributed by atoms with Crippen LogP contribution in [-0.4, -0.2) is 21.2 Å². The Balaban J connectivity index is 4.10. The maximum atomic E-state index is 11.0. The van der Waals surface area contributed by atoms with E-state index in [2.05, 4.69) is 40.8 Å². The predicted octanol–water partition coefficient (Wildman–Crippen LogP) is 4.40. The Morgan fingerprint density at radius 1 is 1.24 bits per heavy atom. The Kier molecular flexibility index (Phi) is 7.25. The number of carbonyl (C=O) groups excluding carboxylic acids is 1. The highest BCUT2D eigenvalue weighted by Crippen LogP contribution is 2.36. The first-order valence-electron chi connectivity index (χ1n) is 6.84. The van der Waals surface area contributed by atoms with Crippen LogP contribution >= 0.6 is 0 Å². The predicted molar refractivity (Wildman–Crippen MR) is 76.8 cm³/mol. The quantitative estimate of drug-likeness (QED) is 0.366. The number of hydrogen-bond donors (Lipinski definition) is 0. The summed E-state index contributed by atoms with van der Waals surface area (Å²) in [6.07, 6.45) is 5.61. The van der Waals surface area contributed by atoms with Crippen LogP contribution < -0.4 is 0 Å². The number of rotatable bonds is 8. The van der Waals surface area contributed by atoms with Crippen LogP contribution in [0, 0.1) is 5.92 Å². The largest absolute Gasteiger partial charge is 0.416 e. The van der Waals surface area contributed by atoms with Crippen molar-refractivity contribution in [2.75, 3.05) is 6.61 Å². The van der Waals surface area contributed by atoms with Crippen molar-refractivity contribution >= 4 is 14.6 Å². The van der Waals surface area contributed by atoms with E-state index in [1.54, 1.807) is 0 Å². The molecule has 102 valence electrons. The van der Waals surface area contributed by atoms with Crippen molar-refractivity contribution in [3.05, 3.63) is 0 Å². The summed E-state index contributed by atoms with van der Waals surface area (Å²) in [6, 6.07) is 0. The first-order valence-corrected chi connectivity index (χ1v) is 9.74. The van der Waals surface area contributed by atoms with Crippen molar-refractivity contribution < 1.29 is 9.22 Å². The highest BCUT2D eigenvalue weighted by Gasteiger charge is 2.37. The molecule has 0 bridgehead atoms. The van der Waals surface area contributed by atoms with E-state index in [1.165, 1.54) is 12.8 Å². The minimum Gasteiger partial charge on any atom is -0.416 e.